The minimum absolute atomic E-state index is 0.485. The molecule has 7 heteroatoms. The number of nitrogens with zero attached hydrogens (tertiary/aromatic N) is 5. The smallest absolute Gasteiger partial charge is 0.197 e. The first kappa shape index (κ1) is 12.1. The molecule has 0 aliphatic heterocycles. The normalized spacial score (nSPS) is 11.1. The van der Waals surface area contributed by atoms with E-state index >= 15 is 0 Å². The van der Waals surface area contributed by atoms with Crippen molar-refractivity contribution in [3.05, 3.63) is 17.1 Å². The van der Waals surface area contributed by atoms with E-state index < -0.39 is 0 Å². The minimum atomic E-state index is 0.485. The molecule has 0 aromatic carbocycles. The van der Waals surface area contributed by atoms with Gasteiger partial charge in [0.2, 0.25) is 0 Å². The summed E-state index contributed by atoms with van der Waals surface area (Å²) in [5.41, 5.74) is 7.79. The Morgan fingerprint density at radius 3 is 2.47 bits per heavy atom. The Hall–Kier alpha value is -1.34. The van der Waals surface area contributed by atoms with Gasteiger partial charge in [-0.3, -0.25) is 4.68 Å². The first-order valence-corrected chi connectivity index (χ1v) is 6.12. The van der Waals surface area contributed by atoms with Gasteiger partial charge in [-0.15, -0.1) is 10.2 Å². The van der Waals surface area contributed by atoms with E-state index in [2.05, 4.69) is 15.3 Å². The number of aromatic nitrogens is 5. The highest BCUT2D eigenvalue weighted by Crippen LogP contribution is 2.30. The Balaban J connectivity index is 2.39. The highest BCUT2D eigenvalue weighted by atomic mass is 32.2. The first-order valence-electron chi connectivity index (χ1n) is 5.31. The maximum atomic E-state index is 5.75. The SMILES string of the molecule is Cc1nn(C)c(Sc2nnc(C)n2C)c1CN. The monoisotopic (exact) mass is 252 g/mol. The Bertz CT molecular complexity index is 541. The van der Waals surface area contributed by atoms with Gasteiger partial charge in [0.15, 0.2) is 5.16 Å². The van der Waals surface area contributed by atoms with Crippen LogP contribution in [0.5, 0.6) is 0 Å². The molecule has 2 rings (SSSR count). The maximum Gasteiger partial charge on any atom is 0.197 e. The summed E-state index contributed by atoms with van der Waals surface area (Å²) in [7, 11) is 3.86. The van der Waals surface area contributed by atoms with Gasteiger partial charge in [0.1, 0.15) is 10.9 Å². The predicted octanol–water partition coefficient (Wildman–Crippen LogP) is 0.775. The average Bonchev–Trinajstić information content (AvgIpc) is 2.73. The van der Waals surface area contributed by atoms with E-state index in [1.807, 2.05) is 37.2 Å². The van der Waals surface area contributed by atoms with E-state index in [0.717, 1.165) is 27.3 Å². The molecule has 0 amide bonds. The lowest BCUT2D eigenvalue weighted by molar-refractivity contribution is 0.683. The van der Waals surface area contributed by atoms with Crippen LogP contribution < -0.4 is 5.73 Å². The third-order valence-electron chi connectivity index (χ3n) is 2.73. The van der Waals surface area contributed by atoms with Crippen LogP contribution in [-0.4, -0.2) is 24.5 Å². The van der Waals surface area contributed by atoms with Gasteiger partial charge >= 0.3 is 0 Å². The number of hydrogen-bond acceptors (Lipinski definition) is 5. The van der Waals surface area contributed by atoms with E-state index in [-0.39, 0.29) is 0 Å². The van der Waals surface area contributed by atoms with E-state index in [9.17, 15) is 0 Å². The molecule has 0 unspecified atom stereocenters. The Labute approximate surface area is 104 Å². The molecule has 2 aromatic heterocycles. The van der Waals surface area contributed by atoms with Crippen LogP contribution in [0, 0.1) is 13.8 Å². The molecule has 0 radical (unpaired) electrons. The maximum absolute atomic E-state index is 5.75. The summed E-state index contributed by atoms with van der Waals surface area (Å²) in [6, 6.07) is 0. The van der Waals surface area contributed by atoms with Gasteiger partial charge in [0.25, 0.3) is 0 Å². The molecule has 2 N–H and O–H groups in total. The van der Waals surface area contributed by atoms with Crippen molar-refractivity contribution in [3.8, 4) is 0 Å². The quantitative estimate of drug-likeness (QED) is 0.873. The van der Waals surface area contributed by atoms with Gasteiger partial charge in [-0.25, -0.2) is 0 Å². The van der Waals surface area contributed by atoms with E-state index in [0.29, 0.717) is 6.54 Å². The average molecular weight is 252 g/mol. The van der Waals surface area contributed by atoms with Gasteiger partial charge in [-0.1, -0.05) is 0 Å². The largest absolute Gasteiger partial charge is 0.326 e. The van der Waals surface area contributed by atoms with Crippen LogP contribution in [0.1, 0.15) is 17.1 Å². The summed E-state index contributed by atoms with van der Waals surface area (Å²) in [6.07, 6.45) is 0. The lowest BCUT2D eigenvalue weighted by Gasteiger charge is -2.04. The number of hydrogen-bond donors (Lipinski definition) is 1. The second-order valence-corrected chi connectivity index (χ2v) is 4.84. The lowest BCUT2D eigenvalue weighted by atomic mass is 10.3. The van der Waals surface area contributed by atoms with Crippen LogP contribution in [0.25, 0.3) is 0 Å². The zero-order valence-electron chi connectivity index (χ0n) is 10.4. The van der Waals surface area contributed by atoms with Crippen molar-refractivity contribution in [3.63, 3.8) is 0 Å². The highest BCUT2D eigenvalue weighted by molar-refractivity contribution is 7.99. The van der Waals surface area contributed by atoms with Crippen LogP contribution in [0.3, 0.4) is 0 Å². The van der Waals surface area contributed by atoms with E-state index in [1.165, 1.54) is 0 Å². The van der Waals surface area contributed by atoms with Gasteiger partial charge in [0, 0.05) is 26.2 Å². The molecule has 0 saturated heterocycles. The molecular weight excluding hydrogens is 236 g/mol. The van der Waals surface area contributed by atoms with Crippen molar-refractivity contribution in [2.24, 2.45) is 19.8 Å². The van der Waals surface area contributed by atoms with Crippen molar-refractivity contribution in [2.75, 3.05) is 0 Å². The Morgan fingerprint density at radius 1 is 1.24 bits per heavy atom. The minimum Gasteiger partial charge on any atom is -0.326 e. The van der Waals surface area contributed by atoms with Crippen molar-refractivity contribution in [2.45, 2.75) is 30.6 Å². The van der Waals surface area contributed by atoms with Crippen LogP contribution in [0.4, 0.5) is 0 Å². The molecule has 0 saturated carbocycles. The number of rotatable bonds is 3. The molecule has 0 bridgehead atoms. The van der Waals surface area contributed by atoms with Crippen LogP contribution in [0.15, 0.2) is 10.2 Å². The molecule has 0 fully saturated rings. The fourth-order valence-electron chi connectivity index (χ4n) is 1.61. The lowest BCUT2D eigenvalue weighted by Crippen LogP contribution is -2.01. The van der Waals surface area contributed by atoms with Crippen molar-refractivity contribution in [1.29, 1.82) is 0 Å². The third-order valence-corrected chi connectivity index (χ3v) is 3.98. The molecule has 0 spiro atoms. The van der Waals surface area contributed by atoms with Crippen LogP contribution in [0.2, 0.25) is 0 Å². The van der Waals surface area contributed by atoms with Crippen molar-refractivity contribution >= 4 is 11.8 Å². The van der Waals surface area contributed by atoms with E-state index in [4.69, 9.17) is 5.73 Å². The van der Waals surface area contributed by atoms with Crippen LogP contribution in [-0.2, 0) is 20.6 Å². The molecule has 0 atom stereocenters. The summed E-state index contributed by atoms with van der Waals surface area (Å²) < 4.78 is 3.79. The second-order valence-electron chi connectivity index (χ2n) is 3.89. The fraction of sp³-hybridized carbons (Fsp3) is 0.500. The van der Waals surface area contributed by atoms with Gasteiger partial charge in [-0.05, 0) is 25.6 Å². The third kappa shape index (κ3) is 2.07. The van der Waals surface area contributed by atoms with Crippen LogP contribution >= 0.6 is 11.8 Å². The van der Waals surface area contributed by atoms with Crippen molar-refractivity contribution in [1.82, 2.24) is 24.5 Å². The van der Waals surface area contributed by atoms with E-state index in [1.54, 1.807) is 11.8 Å². The molecule has 92 valence electrons. The molecule has 0 aliphatic carbocycles. The zero-order chi connectivity index (χ0) is 12.6. The molecule has 0 aliphatic rings. The summed E-state index contributed by atoms with van der Waals surface area (Å²) in [6.45, 7) is 4.38. The van der Waals surface area contributed by atoms with Gasteiger partial charge in [-0.2, -0.15) is 5.10 Å². The number of nitrogens with two attached hydrogens (primary N) is 1. The van der Waals surface area contributed by atoms with Gasteiger partial charge in [0.05, 0.1) is 5.69 Å². The fourth-order valence-corrected chi connectivity index (χ4v) is 2.66. The second kappa shape index (κ2) is 4.50. The standard InChI is InChI=1S/C10H16N6S/c1-6-8(5-11)9(16(4)14-6)17-10-13-12-7(2)15(10)3/h5,11H2,1-4H3. The molecule has 2 heterocycles. The zero-order valence-corrected chi connectivity index (χ0v) is 11.2. The summed E-state index contributed by atoms with van der Waals surface area (Å²) >= 11 is 1.54. The first-order chi connectivity index (χ1) is 8.04. The topological polar surface area (TPSA) is 74.5 Å². The predicted molar refractivity (Wildman–Crippen MR) is 65.7 cm³/mol. The van der Waals surface area contributed by atoms with Gasteiger partial charge < -0.3 is 10.3 Å². The summed E-state index contributed by atoms with van der Waals surface area (Å²) in [5, 5.41) is 14.4. The molecular formula is C10H16N6S. The van der Waals surface area contributed by atoms with Crippen molar-refractivity contribution < 1.29 is 0 Å². The summed E-state index contributed by atoms with van der Waals surface area (Å²) in [4.78, 5) is 0. The summed E-state index contributed by atoms with van der Waals surface area (Å²) in [5.74, 6) is 0.890. The molecule has 17 heavy (non-hydrogen) atoms. The molecule has 6 nitrogen and oxygen atoms in total. The Morgan fingerprint density at radius 2 is 1.94 bits per heavy atom. The highest BCUT2D eigenvalue weighted by Gasteiger charge is 2.16. The number of aryl methyl sites for hydroxylation is 3. The molecule has 2 aromatic rings. The Kier molecular flexibility index (Phi) is 3.21.